The van der Waals surface area contributed by atoms with Crippen LogP contribution in [0.2, 0.25) is 0 Å². The van der Waals surface area contributed by atoms with E-state index in [0.717, 1.165) is 24.6 Å². The molecule has 0 bridgehead atoms. The molecule has 6 nitrogen and oxygen atoms in total. The molecule has 6 heteroatoms. The second-order valence-electron chi connectivity index (χ2n) is 5.52. The third-order valence-corrected chi connectivity index (χ3v) is 3.99. The van der Waals surface area contributed by atoms with Crippen LogP contribution >= 0.6 is 0 Å². The molecular formula is C17H22N4O2. The Morgan fingerprint density at radius 3 is 2.35 bits per heavy atom. The lowest BCUT2D eigenvalue weighted by molar-refractivity contribution is 0.355. The maximum absolute atomic E-state index is 5.31. The molecule has 1 saturated heterocycles. The van der Waals surface area contributed by atoms with E-state index in [4.69, 9.17) is 9.47 Å². The number of anilines is 3. The molecule has 2 heterocycles. The van der Waals surface area contributed by atoms with E-state index in [2.05, 4.69) is 20.4 Å². The quantitative estimate of drug-likeness (QED) is 0.914. The number of nitrogens with zero attached hydrogens (tertiary/aromatic N) is 3. The van der Waals surface area contributed by atoms with Gasteiger partial charge in [0.2, 0.25) is 0 Å². The lowest BCUT2D eigenvalue weighted by atomic mass is 10.1. The summed E-state index contributed by atoms with van der Waals surface area (Å²) in [5.74, 6) is 3.03. The normalized spacial score (nSPS) is 14.4. The average molecular weight is 314 g/mol. The van der Waals surface area contributed by atoms with E-state index >= 15 is 0 Å². The van der Waals surface area contributed by atoms with Crippen molar-refractivity contribution in [3.05, 3.63) is 30.3 Å². The van der Waals surface area contributed by atoms with Gasteiger partial charge in [-0.1, -0.05) is 0 Å². The first-order valence-corrected chi connectivity index (χ1v) is 7.88. The van der Waals surface area contributed by atoms with E-state index in [1.807, 2.05) is 30.3 Å². The highest BCUT2D eigenvalue weighted by molar-refractivity contribution is 5.61. The second-order valence-corrected chi connectivity index (χ2v) is 5.52. The first kappa shape index (κ1) is 15.4. The van der Waals surface area contributed by atoms with E-state index < -0.39 is 0 Å². The van der Waals surface area contributed by atoms with Crippen molar-refractivity contribution in [2.24, 2.45) is 0 Å². The van der Waals surface area contributed by atoms with Gasteiger partial charge in [0.25, 0.3) is 0 Å². The molecule has 3 rings (SSSR count). The van der Waals surface area contributed by atoms with Crippen LogP contribution in [0.3, 0.4) is 0 Å². The van der Waals surface area contributed by atoms with Crippen LogP contribution < -0.4 is 19.7 Å². The number of hydrogen-bond acceptors (Lipinski definition) is 6. The molecule has 1 aliphatic heterocycles. The number of piperidine rings is 1. The summed E-state index contributed by atoms with van der Waals surface area (Å²) in [4.78, 5) is 2.29. The van der Waals surface area contributed by atoms with Gasteiger partial charge in [-0.2, -0.15) is 0 Å². The average Bonchev–Trinajstić information content (AvgIpc) is 2.63. The number of rotatable bonds is 5. The molecular weight excluding hydrogens is 292 g/mol. The van der Waals surface area contributed by atoms with E-state index in [1.54, 1.807) is 14.2 Å². The Kier molecular flexibility index (Phi) is 4.80. The van der Waals surface area contributed by atoms with Crippen molar-refractivity contribution in [1.82, 2.24) is 10.2 Å². The van der Waals surface area contributed by atoms with Crippen LogP contribution in [0.25, 0.3) is 0 Å². The number of benzene rings is 1. The maximum Gasteiger partial charge on any atom is 0.162 e. The SMILES string of the molecule is COc1ccc(Nc2ccc(N3CCCCC3)nn2)cc1OC. The maximum atomic E-state index is 5.31. The van der Waals surface area contributed by atoms with Crippen LogP contribution in [0.15, 0.2) is 30.3 Å². The van der Waals surface area contributed by atoms with Gasteiger partial charge in [0, 0.05) is 24.8 Å². The molecule has 23 heavy (non-hydrogen) atoms. The molecule has 122 valence electrons. The summed E-state index contributed by atoms with van der Waals surface area (Å²) in [6.45, 7) is 2.13. The molecule has 0 aliphatic carbocycles. The van der Waals surface area contributed by atoms with Gasteiger partial charge in [-0.15, -0.1) is 10.2 Å². The summed E-state index contributed by atoms with van der Waals surface area (Å²) in [5.41, 5.74) is 0.877. The van der Waals surface area contributed by atoms with Crippen LogP contribution in [0.4, 0.5) is 17.3 Å². The second kappa shape index (κ2) is 7.17. The van der Waals surface area contributed by atoms with Gasteiger partial charge in [0.15, 0.2) is 23.1 Å². The number of methoxy groups -OCH3 is 2. The number of nitrogens with one attached hydrogen (secondary N) is 1. The molecule has 0 radical (unpaired) electrons. The Morgan fingerprint density at radius 1 is 0.913 bits per heavy atom. The predicted molar refractivity (Wildman–Crippen MR) is 90.9 cm³/mol. The Bertz CT molecular complexity index is 640. The minimum atomic E-state index is 0.676. The van der Waals surface area contributed by atoms with E-state index in [0.29, 0.717) is 17.3 Å². The van der Waals surface area contributed by atoms with E-state index in [9.17, 15) is 0 Å². The Balaban J connectivity index is 1.70. The van der Waals surface area contributed by atoms with Crippen LogP contribution in [-0.4, -0.2) is 37.5 Å². The summed E-state index contributed by atoms with van der Waals surface area (Å²) in [7, 11) is 3.24. The van der Waals surface area contributed by atoms with Gasteiger partial charge in [0.05, 0.1) is 14.2 Å². The van der Waals surface area contributed by atoms with Crippen molar-refractivity contribution < 1.29 is 9.47 Å². The number of ether oxygens (including phenoxy) is 2. The fourth-order valence-electron chi connectivity index (χ4n) is 2.75. The highest BCUT2D eigenvalue weighted by atomic mass is 16.5. The zero-order chi connectivity index (χ0) is 16.1. The standard InChI is InChI=1S/C17H22N4O2/c1-22-14-7-6-13(12-15(14)23-2)18-16-8-9-17(20-19-16)21-10-4-3-5-11-21/h6-9,12H,3-5,10-11H2,1-2H3,(H,18,19). The fraction of sp³-hybridized carbons (Fsp3) is 0.412. The molecule has 1 N–H and O–H groups in total. The van der Waals surface area contributed by atoms with Crippen LogP contribution in [-0.2, 0) is 0 Å². The van der Waals surface area contributed by atoms with Crippen LogP contribution in [0.1, 0.15) is 19.3 Å². The van der Waals surface area contributed by atoms with Crippen LogP contribution in [0, 0.1) is 0 Å². The van der Waals surface area contributed by atoms with Gasteiger partial charge in [0.1, 0.15) is 0 Å². The Labute approximate surface area is 136 Å². The van der Waals surface area contributed by atoms with Crippen molar-refractivity contribution in [2.45, 2.75) is 19.3 Å². The summed E-state index contributed by atoms with van der Waals surface area (Å²) in [6.07, 6.45) is 3.77. The summed E-state index contributed by atoms with van der Waals surface area (Å²) in [5, 5.41) is 11.8. The lowest BCUT2D eigenvalue weighted by Crippen LogP contribution is -2.30. The van der Waals surface area contributed by atoms with Gasteiger partial charge in [-0.05, 0) is 43.5 Å². The minimum Gasteiger partial charge on any atom is -0.493 e. The van der Waals surface area contributed by atoms with E-state index in [-0.39, 0.29) is 0 Å². The number of hydrogen-bond donors (Lipinski definition) is 1. The molecule has 0 spiro atoms. The minimum absolute atomic E-state index is 0.676. The largest absolute Gasteiger partial charge is 0.493 e. The molecule has 0 saturated carbocycles. The van der Waals surface area contributed by atoms with Gasteiger partial charge in [-0.3, -0.25) is 0 Å². The smallest absolute Gasteiger partial charge is 0.162 e. The van der Waals surface area contributed by atoms with Gasteiger partial charge >= 0.3 is 0 Å². The summed E-state index contributed by atoms with van der Waals surface area (Å²) in [6, 6.07) is 9.62. The van der Waals surface area contributed by atoms with Crippen molar-refractivity contribution in [3.8, 4) is 11.5 Å². The number of aromatic nitrogens is 2. The molecule has 1 fully saturated rings. The zero-order valence-electron chi connectivity index (χ0n) is 13.6. The topological polar surface area (TPSA) is 59.5 Å². The monoisotopic (exact) mass is 314 g/mol. The molecule has 0 unspecified atom stereocenters. The molecule has 1 aliphatic rings. The van der Waals surface area contributed by atoms with Crippen molar-refractivity contribution in [3.63, 3.8) is 0 Å². The molecule has 0 amide bonds. The van der Waals surface area contributed by atoms with Crippen LogP contribution in [0.5, 0.6) is 11.5 Å². The van der Waals surface area contributed by atoms with Crippen molar-refractivity contribution >= 4 is 17.3 Å². The highest BCUT2D eigenvalue weighted by Gasteiger charge is 2.12. The highest BCUT2D eigenvalue weighted by Crippen LogP contribution is 2.30. The van der Waals surface area contributed by atoms with E-state index in [1.165, 1.54) is 19.3 Å². The first-order chi connectivity index (χ1) is 11.3. The Hall–Kier alpha value is -2.50. The molecule has 1 aromatic heterocycles. The zero-order valence-corrected chi connectivity index (χ0v) is 13.6. The molecule has 0 atom stereocenters. The van der Waals surface area contributed by atoms with Crippen molar-refractivity contribution in [2.75, 3.05) is 37.5 Å². The Morgan fingerprint density at radius 2 is 1.70 bits per heavy atom. The predicted octanol–water partition coefficient (Wildman–Crippen LogP) is 3.23. The molecule has 2 aromatic rings. The fourth-order valence-corrected chi connectivity index (χ4v) is 2.75. The first-order valence-electron chi connectivity index (χ1n) is 7.88. The lowest BCUT2D eigenvalue weighted by Gasteiger charge is -2.27. The molecule has 1 aromatic carbocycles. The third-order valence-electron chi connectivity index (χ3n) is 3.99. The van der Waals surface area contributed by atoms with Gasteiger partial charge < -0.3 is 19.7 Å². The summed E-state index contributed by atoms with van der Waals surface area (Å²) >= 11 is 0. The van der Waals surface area contributed by atoms with Gasteiger partial charge in [-0.25, -0.2) is 0 Å². The van der Waals surface area contributed by atoms with Crippen molar-refractivity contribution in [1.29, 1.82) is 0 Å². The third kappa shape index (κ3) is 3.64. The summed E-state index contributed by atoms with van der Waals surface area (Å²) < 4.78 is 10.5.